The zero-order valence-electron chi connectivity index (χ0n) is 12.3. The van der Waals surface area contributed by atoms with Gasteiger partial charge in [-0.2, -0.15) is 4.39 Å². The van der Waals surface area contributed by atoms with Crippen molar-refractivity contribution in [2.45, 2.75) is 19.0 Å². The number of aromatic nitrogens is 1. The SMILES string of the molecule is Cl.Fc1ccc(N2CC[C@H](NCc3cc(Cl)cc(Cl)c3)C2)cn1. The fourth-order valence-corrected chi connectivity index (χ4v) is 3.26. The first-order chi connectivity index (χ1) is 10.6. The molecular weight excluding hydrogens is 360 g/mol. The lowest BCUT2D eigenvalue weighted by atomic mass is 10.2. The second-order valence-electron chi connectivity index (χ2n) is 5.43. The number of nitrogens with zero attached hydrogens (tertiary/aromatic N) is 2. The van der Waals surface area contributed by atoms with E-state index in [1.165, 1.54) is 6.07 Å². The molecule has 2 heterocycles. The van der Waals surface area contributed by atoms with Gasteiger partial charge < -0.3 is 10.2 Å². The van der Waals surface area contributed by atoms with Crippen molar-refractivity contribution in [2.75, 3.05) is 18.0 Å². The molecule has 1 aliphatic heterocycles. The van der Waals surface area contributed by atoms with Gasteiger partial charge in [0.1, 0.15) is 0 Å². The number of rotatable bonds is 4. The van der Waals surface area contributed by atoms with E-state index in [1.807, 2.05) is 12.1 Å². The van der Waals surface area contributed by atoms with Crippen molar-refractivity contribution in [3.05, 3.63) is 58.1 Å². The van der Waals surface area contributed by atoms with Gasteiger partial charge in [0.15, 0.2) is 0 Å². The molecule has 0 amide bonds. The first-order valence-electron chi connectivity index (χ1n) is 7.15. The molecule has 0 spiro atoms. The molecule has 1 aromatic heterocycles. The van der Waals surface area contributed by atoms with Crippen LogP contribution in [0, 0.1) is 5.95 Å². The van der Waals surface area contributed by atoms with Crippen LogP contribution in [-0.4, -0.2) is 24.1 Å². The molecular formula is C16H17Cl3FN3. The number of benzene rings is 1. The molecule has 0 bridgehead atoms. The maximum absolute atomic E-state index is 12.9. The summed E-state index contributed by atoms with van der Waals surface area (Å²) in [6, 6.07) is 9.09. The van der Waals surface area contributed by atoms with Crippen LogP contribution in [0.4, 0.5) is 10.1 Å². The summed E-state index contributed by atoms with van der Waals surface area (Å²) < 4.78 is 12.9. The summed E-state index contributed by atoms with van der Waals surface area (Å²) in [6.07, 6.45) is 2.61. The number of pyridine rings is 1. The van der Waals surface area contributed by atoms with E-state index in [-0.39, 0.29) is 12.4 Å². The van der Waals surface area contributed by atoms with Gasteiger partial charge >= 0.3 is 0 Å². The van der Waals surface area contributed by atoms with Crippen LogP contribution in [0.5, 0.6) is 0 Å². The molecule has 1 N–H and O–H groups in total. The van der Waals surface area contributed by atoms with E-state index in [4.69, 9.17) is 23.2 Å². The average Bonchev–Trinajstić information content (AvgIpc) is 2.94. The van der Waals surface area contributed by atoms with E-state index >= 15 is 0 Å². The van der Waals surface area contributed by atoms with E-state index in [1.54, 1.807) is 18.3 Å². The zero-order chi connectivity index (χ0) is 15.5. The molecule has 23 heavy (non-hydrogen) atoms. The summed E-state index contributed by atoms with van der Waals surface area (Å²) in [4.78, 5) is 5.91. The maximum Gasteiger partial charge on any atom is 0.212 e. The Morgan fingerprint density at radius 3 is 2.61 bits per heavy atom. The van der Waals surface area contributed by atoms with Crippen LogP contribution in [0.1, 0.15) is 12.0 Å². The van der Waals surface area contributed by atoms with Crippen molar-refractivity contribution in [1.82, 2.24) is 10.3 Å². The van der Waals surface area contributed by atoms with Crippen LogP contribution in [0.25, 0.3) is 0 Å². The number of hydrogen-bond donors (Lipinski definition) is 1. The van der Waals surface area contributed by atoms with Gasteiger partial charge in [-0.3, -0.25) is 0 Å². The van der Waals surface area contributed by atoms with Gasteiger partial charge in [0, 0.05) is 35.7 Å². The van der Waals surface area contributed by atoms with Crippen molar-refractivity contribution in [2.24, 2.45) is 0 Å². The minimum atomic E-state index is -0.449. The van der Waals surface area contributed by atoms with E-state index in [2.05, 4.69) is 15.2 Å². The predicted octanol–water partition coefficient (Wildman–Crippen LogP) is 4.32. The Kier molecular flexibility index (Phi) is 6.48. The minimum Gasteiger partial charge on any atom is -0.369 e. The van der Waals surface area contributed by atoms with Crippen LogP contribution in [0.2, 0.25) is 10.0 Å². The highest BCUT2D eigenvalue weighted by atomic mass is 35.5. The average molecular weight is 377 g/mol. The Balaban J connectivity index is 0.00000192. The second kappa shape index (κ2) is 8.15. The van der Waals surface area contributed by atoms with Gasteiger partial charge in [-0.25, -0.2) is 4.98 Å². The first kappa shape index (κ1) is 18.3. The Hall–Kier alpha value is -1.07. The summed E-state index contributed by atoms with van der Waals surface area (Å²) in [5, 5.41) is 4.81. The van der Waals surface area contributed by atoms with Crippen LogP contribution in [0.3, 0.4) is 0 Å². The van der Waals surface area contributed by atoms with Crippen molar-refractivity contribution in [3.8, 4) is 0 Å². The van der Waals surface area contributed by atoms with Gasteiger partial charge in [0.2, 0.25) is 5.95 Å². The molecule has 0 radical (unpaired) electrons. The summed E-state index contributed by atoms with van der Waals surface area (Å²) >= 11 is 12.0. The monoisotopic (exact) mass is 375 g/mol. The van der Waals surface area contributed by atoms with Crippen molar-refractivity contribution in [1.29, 1.82) is 0 Å². The van der Waals surface area contributed by atoms with Crippen LogP contribution >= 0.6 is 35.6 Å². The van der Waals surface area contributed by atoms with E-state index in [0.29, 0.717) is 16.1 Å². The molecule has 1 aromatic carbocycles. The van der Waals surface area contributed by atoms with Crippen molar-refractivity contribution < 1.29 is 4.39 Å². The molecule has 1 atom stereocenters. The maximum atomic E-state index is 12.9. The summed E-state index contributed by atoms with van der Waals surface area (Å²) in [5.41, 5.74) is 2.02. The normalized spacial score (nSPS) is 17.2. The zero-order valence-corrected chi connectivity index (χ0v) is 14.6. The molecule has 3 nitrogen and oxygen atoms in total. The van der Waals surface area contributed by atoms with Crippen LogP contribution in [0.15, 0.2) is 36.5 Å². The summed E-state index contributed by atoms with van der Waals surface area (Å²) in [7, 11) is 0. The molecule has 0 aliphatic carbocycles. The molecule has 1 fully saturated rings. The highest BCUT2D eigenvalue weighted by Crippen LogP contribution is 2.21. The summed E-state index contributed by atoms with van der Waals surface area (Å²) in [6.45, 7) is 2.53. The molecule has 124 valence electrons. The van der Waals surface area contributed by atoms with E-state index < -0.39 is 5.95 Å². The standard InChI is InChI=1S/C16H16Cl2FN3.ClH/c17-12-5-11(6-13(18)7-12)8-20-14-3-4-22(10-14)15-1-2-16(19)21-9-15;/h1-2,5-7,9,14,20H,3-4,8,10H2;1H/t14-;/m0./s1. The third kappa shape index (κ3) is 4.95. The van der Waals surface area contributed by atoms with Gasteiger partial charge in [0.05, 0.1) is 11.9 Å². The fourth-order valence-electron chi connectivity index (χ4n) is 2.69. The smallest absolute Gasteiger partial charge is 0.212 e. The molecule has 0 saturated carbocycles. The Bertz CT molecular complexity index is 631. The first-order valence-corrected chi connectivity index (χ1v) is 7.90. The van der Waals surface area contributed by atoms with Gasteiger partial charge in [-0.1, -0.05) is 23.2 Å². The number of halogens is 4. The lowest BCUT2D eigenvalue weighted by molar-refractivity contribution is 0.551. The Labute approximate surface area is 151 Å². The molecule has 0 unspecified atom stereocenters. The topological polar surface area (TPSA) is 28.2 Å². The highest BCUT2D eigenvalue weighted by Gasteiger charge is 2.22. The molecule has 7 heteroatoms. The largest absolute Gasteiger partial charge is 0.369 e. The fraction of sp³-hybridized carbons (Fsp3) is 0.312. The van der Waals surface area contributed by atoms with Crippen molar-refractivity contribution >= 4 is 41.3 Å². The number of anilines is 1. The van der Waals surface area contributed by atoms with Gasteiger partial charge in [-0.15, -0.1) is 12.4 Å². The quantitative estimate of drug-likeness (QED) is 0.806. The Morgan fingerprint density at radius 2 is 1.96 bits per heavy atom. The molecule has 1 aliphatic rings. The third-order valence-corrected chi connectivity index (χ3v) is 4.22. The highest BCUT2D eigenvalue weighted by molar-refractivity contribution is 6.34. The lowest BCUT2D eigenvalue weighted by Crippen LogP contribution is -2.32. The third-order valence-electron chi connectivity index (χ3n) is 3.78. The summed E-state index contributed by atoms with van der Waals surface area (Å²) in [5.74, 6) is -0.449. The lowest BCUT2D eigenvalue weighted by Gasteiger charge is -2.18. The molecule has 3 rings (SSSR count). The van der Waals surface area contributed by atoms with Gasteiger partial charge in [-0.05, 0) is 42.3 Å². The second-order valence-corrected chi connectivity index (χ2v) is 6.30. The van der Waals surface area contributed by atoms with Crippen LogP contribution < -0.4 is 10.2 Å². The molecule has 1 saturated heterocycles. The Morgan fingerprint density at radius 1 is 1.22 bits per heavy atom. The number of nitrogens with one attached hydrogen (secondary N) is 1. The molecule has 2 aromatic rings. The minimum absolute atomic E-state index is 0. The van der Waals surface area contributed by atoms with Gasteiger partial charge in [0.25, 0.3) is 0 Å². The van der Waals surface area contributed by atoms with Crippen LogP contribution in [-0.2, 0) is 6.54 Å². The van der Waals surface area contributed by atoms with Crippen molar-refractivity contribution in [3.63, 3.8) is 0 Å². The number of hydrogen-bond acceptors (Lipinski definition) is 3. The predicted molar refractivity (Wildman–Crippen MR) is 95.4 cm³/mol. The van der Waals surface area contributed by atoms with E-state index in [0.717, 1.165) is 37.3 Å². The van der Waals surface area contributed by atoms with E-state index in [9.17, 15) is 4.39 Å².